The number of hydrogen-bond donors (Lipinski definition) is 1. The Labute approximate surface area is 147 Å². The van der Waals surface area contributed by atoms with Crippen LogP contribution in [0.1, 0.15) is 5.56 Å². The first-order valence-electron chi connectivity index (χ1n) is 8.26. The van der Waals surface area contributed by atoms with Crippen LogP contribution in [0.15, 0.2) is 60.8 Å². The predicted octanol–water partition coefficient (Wildman–Crippen LogP) is 2.67. The molecule has 5 nitrogen and oxygen atoms in total. The van der Waals surface area contributed by atoms with Crippen molar-refractivity contribution in [3.8, 4) is 5.75 Å². The molecule has 2 aromatic carbocycles. The summed E-state index contributed by atoms with van der Waals surface area (Å²) in [5.41, 5.74) is 2.03. The topological polar surface area (TPSA) is 54.7 Å². The molecule has 0 saturated heterocycles. The average molecular weight is 338 g/mol. The van der Waals surface area contributed by atoms with Crippen LogP contribution in [0.3, 0.4) is 0 Å². The monoisotopic (exact) mass is 338 g/mol. The fraction of sp³-hybridized carbons (Fsp3) is 0.250. The minimum atomic E-state index is -0.0534. The van der Waals surface area contributed by atoms with Gasteiger partial charge in [-0.1, -0.05) is 30.3 Å². The molecule has 1 heterocycles. The quantitative estimate of drug-likeness (QED) is 0.721. The van der Waals surface area contributed by atoms with Crippen molar-refractivity contribution in [1.82, 2.24) is 9.47 Å². The van der Waals surface area contributed by atoms with E-state index in [2.05, 4.69) is 0 Å². The Morgan fingerprint density at radius 2 is 1.96 bits per heavy atom. The Morgan fingerprint density at radius 1 is 1.16 bits per heavy atom. The molecule has 1 amide bonds. The van der Waals surface area contributed by atoms with Crippen molar-refractivity contribution in [3.05, 3.63) is 66.4 Å². The smallest absolute Gasteiger partial charge is 0.242 e. The third kappa shape index (κ3) is 4.00. The lowest BCUT2D eigenvalue weighted by Gasteiger charge is -2.22. The van der Waals surface area contributed by atoms with Crippen molar-refractivity contribution in [1.29, 1.82) is 0 Å². The highest BCUT2D eigenvalue weighted by Gasteiger charge is 2.15. The summed E-state index contributed by atoms with van der Waals surface area (Å²) < 4.78 is 7.16. The molecule has 0 unspecified atom stereocenters. The summed E-state index contributed by atoms with van der Waals surface area (Å²) in [6, 6.07) is 17.6. The number of methoxy groups -OCH3 is 1. The molecular formula is C20H22N2O3. The Morgan fingerprint density at radius 3 is 2.68 bits per heavy atom. The highest BCUT2D eigenvalue weighted by molar-refractivity contribution is 5.84. The van der Waals surface area contributed by atoms with E-state index in [1.54, 1.807) is 12.0 Å². The second kappa shape index (κ2) is 7.85. The van der Waals surface area contributed by atoms with Crippen LogP contribution in [0.2, 0.25) is 0 Å². The van der Waals surface area contributed by atoms with E-state index in [-0.39, 0.29) is 19.1 Å². The number of rotatable bonds is 7. The van der Waals surface area contributed by atoms with Gasteiger partial charge in [-0.2, -0.15) is 0 Å². The number of amides is 1. The Bertz CT molecular complexity index is 843. The standard InChI is InChI=1S/C20H22N2O3/c1-25-18-7-8-19-17(13-18)9-10-21(19)15-20(24)22(11-12-23)14-16-5-3-2-4-6-16/h2-10,13,23H,11-12,14-15H2,1H3. The molecule has 1 N–H and O–H groups in total. The lowest BCUT2D eigenvalue weighted by Crippen LogP contribution is -2.35. The van der Waals surface area contributed by atoms with Crippen molar-refractivity contribution < 1.29 is 14.6 Å². The summed E-state index contributed by atoms with van der Waals surface area (Å²) in [7, 11) is 1.64. The number of hydrogen-bond acceptors (Lipinski definition) is 3. The maximum absolute atomic E-state index is 12.7. The van der Waals surface area contributed by atoms with Gasteiger partial charge in [-0.15, -0.1) is 0 Å². The third-order valence-electron chi connectivity index (χ3n) is 4.22. The molecule has 0 spiro atoms. The maximum Gasteiger partial charge on any atom is 0.242 e. The molecule has 5 heteroatoms. The molecule has 0 saturated carbocycles. The molecule has 3 rings (SSSR count). The SMILES string of the molecule is COc1ccc2c(ccn2CC(=O)N(CCO)Cc2ccccc2)c1. The first-order chi connectivity index (χ1) is 12.2. The molecule has 0 aliphatic rings. The summed E-state index contributed by atoms with van der Waals surface area (Å²) in [6.45, 7) is 0.999. The summed E-state index contributed by atoms with van der Waals surface area (Å²) >= 11 is 0. The minimum Gasteiger partial charge on any atom is -0.497 e. The number of carbonyl (C=O) groups excluding carboxylic acids is 1. The minimum absolute atomic E-state index is 0.0220. The maximum atomic E-state index is 12.7. The van der Waals surface area contributed by atoms with E-state index in [4.69, 9.17) is 4.74 Å². The summed E-state index contributed by atoms with van der Waals surface area (Å²) in [6.07, 6.45) is 1.90. The second-order valence-electron chi connectivity index (χ2n) is 5.89. The van der Waals surface area contributed by atoms with Crippen LogP contribution in [0, 0.1) is 0 Å². The number of carbonyl (C=O) groups is 1. The molecule has 130 valence electrons. The molecule has 0 fully saturated rings. The van der Waals surface area contributed by atoms with Gasteiger partial charge in [0.05, 0.1) is 13.7 Å². The fourth-order valence-corrected chi connectivity index (χ4v) is 2.91. The van der Waals surface area contributed by atoms with Gasteiger partial charge in [0.15, 0.2) is 0 Å². The van der Waals surface area contributed by atoms with Crippen molar-refractivity contribution in [2.75, 3.05) is 20.3 Å². The van der Waals surface area contributed by atoms with E-state index in [1.165, 1.54) is 0 Å². The van der Waals surface area contributed by atoms with Gasteiger partial charge in [0.1, 0.15) is 12.3 Å². The number of nitrogens with zero attached hydrogens (tertiary/aromatic N) is 2. The molecular weight excluding hydrogens is 316 g/mol. The summed E-state index contributed by atoms with van der Waals surface area (Å²) in [4.78, 5) is 14.4. The van der Waals surface area contributed by atoms with E-state index in [9.17, 15) is 9.90 Å². The van der Waals surface area contributed by atoms with Crippen LogP contribution in [-0.4, -0.2) is 40.7 Å². The van der Waals surface area contributed by atoms with Gasteiger partial charge >= 0.3 is 0 Å². The van der Waals surface area contributed by atoms with Gasteiger partial charge in [0.2, 0.25) is 5.91 Å². The van der Waals surface area contributed by atoms with Crippen molar-refractivity contribution in [2.45, 2.75) is 13.1 Å². The van der Waals surface area contributed by atoms with Gasteiger partial charge in [0.25, 0.3) is 0 Å². The average Bonchev–Trinajstić information content (AvgIpc) is 3.04. The van der Waals surface area contributed by atoms with Gasteiger partial charge in [0, 0.05) is 30.2 Å². The van der Waals surface area contributed by atoms with E-state index in [0.29, 0.717) is 13.1 Å². The number of aromatic nitrogens is 1. The first kappa shape index (κ1) is 17.0. The zero-order chi connectivity index (χ0) is 17.6. The van der Waals surface area contributed by atoms with E-state index in [0.717, 1.165) is 22.2 Å². The van der Waals surface area contributed by atoms with Crippen molar-refractivity contribution >= 4 is 16.8 Å². The highest BCUT2D eigenvalue weighted by Crippen LogP contribution is 2.22. The normalized spacial score (nSPS) is 10.8. The summed E-state index contributed by atoms with van der Waals surface area (Å²) in [5, 5.41) is 10.3. The molecule has 0 bridgehead atoms. The lowest BCUT2D eigenvalue weighted by molar-refractivity contribution is -0.132. The zero-order valence-electron chi connectivity index (χ0n) is 14.3. The molecule has 0 aliphatic carbocycles. The van der Waals surface area contributed by atoms with E-state index >= 15 is 0 Å². The molecule has 3 aromatic rings. The number of aliphatic hydroxyl groups is 1. The third-order valence-corrected chi connectivity index (χ3v) is 4.22. The Hall–Kier alpha value is -2.79. The number of aliphatic hydroxyl groups excluding tert-OH is 1. The Balaban J connectivity index is 1.77. The molecule has 25 heavy (non-hydrogen) atoms. The molecule has 0 aliphatic heterocycles. The number of benzene rings is 2. The second-order valence-corrected chi connectivity index (χ2v) is 5.89. The predicted molar refractivity (Wildman–Crippen MR) is 97.4 cm³/mol. The van der Waals surface area contributed by atoms with Gasteiger partial charge in [-0.25, -0.2) is 0 Å². The summed E-state index contributed by atoms with van der Waals surface area (Å²) in [5.74, 6) is 0.772. The highest BCUT2D eigenvalue weighted by atomic mass is 16.5. The molecule has 0 radical (unpaired) electrons. The lowest BCUT2D eigenvalue weighted by atomic mass is 10.2. The van der Waals surface area contributed by atoms with Crippen molar-refractivity contribution in [2.24, 2.45) is 0 Å². The van der Waals surface area contributed by atoms with Crippen LogP contribution in [-0.2, 0) is 17.9 Å². The van der Waals surface area contributed by atoms with Gasteiger partial charge in [-0.05, 0) is 29.8 Å². The first-order valence-corrected chi connectivity index (χ1v) is 8.26. The molecule has 0 atom stereocenters. The van der Waals surface area contributed by atoms with Crippen LogP contribution in [0.5, 0.6) is 5.75 Å². The Kier molecular flexibility index (Phi) is 5.36. The van der Waals surface area contributed by atoms with Crippen LogP contribution < -0.4 is 4.74 Å². The van der Waals surface area contributed by atoms with Crippen LogP contribution in [0.25, 0.3) is 10.9 Å². The zero-order valence-corrected chi connectivity index (χ0v) is 14.3. The van der Waals surface area contributed by atoms with E-state index < -0.39 is 0 Å². The van der Waals surface area contributed by atoms with Gasteiger partial charge in [-0.3, -0.25) is 4.79 Å². The van der Waals surface area contributed by atoms with Crippen LogP contribution in [0.4, 0.5) is 0 Å². The number of ether oxygens (including phenoxy) is 1. The van der Waals surface area contributed by atoms with E-state index in [1.807, 2.05) is 65.4 Å². The van der Waals surface area contributed by atoms with Crippen LogP contribution >= 0.6 is 0 Å². The van der Waals surface area contributed by atoms with Gasteiger partial charge < -0.3 is 19.3 Å². The van der Waals surface area contributed by atoms with Crippen molar-refractivity contribution in [3.63, 3.8) is 0 Å². The fourth-order valence-electron chi connectivity index (χ4n) is 2.91. The molecule has 1 aromatic heterocycles. The largest absolute Gasteiger partial charge is 0.497 e. The number of fused-ring (bicyclic) bond motifs is 1.